The number of hydrogen-bond acceptors (Lipinski definition) is 9. The van der Waals surface area contributed by atoms with Crippen LogP contribution in [0.15, 0.2) is 30.4 Å². The van der Waals surface area contributed by atoms with E-state index in [2.05, 4.69) is 15.4 Å². The first-order chi connectivity index (χ1) is 24.3. The summed E-state index contributed by atoms with van der Waals surface area (Å²) in [4.78, 5) is 61.5. The largest absolute Gasteiger partial charge is 0.459 e. The first-order valence-electron chi connectivity index (χ1n) is 18.0. The van der Waals surface area contributed by atoms with E-state index in [1.54, 1.807) is 20.8 Å². The van der Waals surface area contributed by atoms with Crippen molar-refractivity contribution >= 4 is 45.1 Å². The number of hydrogen-bond donors (Lipinski definition) is 3. The Morgan fingerprint density at radius 3 is 2.54 bits per heavy atom. The smallest absolute Gasteiger partial charge is 0.408 e. The van der Waals surface area contributed by atoms with E-state index in [0.29, 0.717) is 25.3 Å². The molecule has 5 rings (SSSR count). The van der Waals surface area contributed by atoms with Crippen LogP contribution in [0, 0.1) is 12.8 Å². The first-order valence-corrected chi connectivity index (χ1v) is 19.4. The van der Waals surface area contributed by atoms with Crippen LogP contribution in [0.5, 0.6) is 6.01 Å². The van der Waals surface area contributed by atoms with Gasteiger partial charge in [0.05, 0.1) is 17.6 Å². The summed E-state index contributed by atoms with van der Waals surface area (Å²) in [6, 6.07) is 4.13. The van der Waals surface area contributed by atoms with Gasteiger partial charge in [-0.15, -0.1) is 0 Å². The molecule has 3 aliphatic rings. The number of amides is 4. The minimum absolute atomic E-state index is 0.00127. The number of carbonyl (C=O) groups is 4. The maximum absolute atomic E-state index is 14.5. The predicted molar refractivity (Wildman–Crippen MR) is 195 cm³/mol. The summed E-state index contributed by atoms with van der Waals surface area (Å²) in [5, 5.41) is 5.60. The molecule has 2 aromatic rings. The first kappa shape index (κ1) is 39.0. The molecule has 4 amide bonds. The normalized spacial score (nSPS) is 26.5. The van der Waals surface area contributed by atoms with Crippen molar-refractivity contribution in [2.45, 2.75) is 122 Å². The molecule has 52 heavy (non-hydrogen) atoms. The van der Waals surface area contributed by atoms with Gasteiger partial charge in [-0.05, 0) is 84.9 Å². The molecule has 1 aromatic heterocycles. The number of aryl methyl sites for hydroxylation is 1. The highest BCUT2D eigenvalue weighted by molar-refractivity contribution is 7.87. The van der Waals surface area contributed by atoms with E-state index in [4.69, 9.17) is 14.5 Å². The summed E-state index contributed by atoms with van der Waals surface area (Å²) in [6.07, 6.45) is 5.77. The molecule has 3 N–H and O–H groups in total. The zero-order valence-electron chi connectivity index (χ0n) is 31.4. The lowest BCUT2D eigenvalue weighted by Crippen LogP contribution is -2.58. The maximum atomic E-state index is 14.5. The molecule has 286 valence electrons. The van der Waals surface area contributed by atoms with Gasteiger partial charge in [-0.3, -0.25) is 19.0 Å². The van der Waals surface area contributed by atoms with Crippen LogP contribution in [0.2, 0.25) is 0 Å². The van der Waals surface area contributed by atoms with Crippen molar-refractivity contribution in [2.75, 3.05) is 20.6 Å². The zero-order valence-corrected chi connectivity index (χ0v) is 32.2. The number of aromatic nitrogens is 2. The molecule has 1 saturated carbocycles. The van der Waals surface area contributed by atoms with Gasteiger partial charge in [0.1, 0.15) is 29.3 Å². The SMILES string of the molecule is Cc1ccc2nc(O[C@@H]3C[C@H]4C(=O)N[C@]5(C(=O)NS(=O)(=O)N(C)C)C[C@H]5/C=C\CCCCC[C@H](NC(=O)OC(C)(C)C)C(=O)N4C3)n(C(C)C)c2c1. The summed E-state index contributed by atoms with van der Waals surface area (Å²) in [5.41, 5.74) is 0.350. The highest BCUT2D eigenvalue weighted by Gasteiger charge is 2.61. The van der Waals surface area contributed by atoms with Crippen LogP contribution in [0.1, 0.15) is 91.2 Å². The topological polar surface area (TPSA) is 181 Å². The van der Waals surface area contributed by atoms with Crippen molar-refractivity contribution in [3.63, 3.8) is 0 Å². The molecular formula is C36H53N7O8S. The lowest BCUT2D eigenvalue weighted by atomic mass is 10.0. The Bertz CT molecular complexity index is 1830. The van der Waals surface area contributed by atoms with E-state index in [0.717, 1.165) is 33.7 Å². The third kappa shape index (κ3) is 8.71. The van der Waals surface area contributed by atoms with Crippen molar-refractivity contribution < 1.29 is 37.1 Å². The summed E-state index contributed by atoms with van der Waals surface area (Å²) in [5.74, 6) is -2.43. The van der Waals surface area contributed by atoms with Crippen LogP contribution in [0.25, 0.3) is 11.0 Å². The molecule has 0 bridgehead atoms. The molecule has 15 nitrogen and oxygen atoms in total. The molecule has 0 unspecified atom stereocenters. The van der Waals surface area contributed by atoms with E-state index in [9.17, 15) is 27.6 Å². The Labute approximate surface area is 306 Å². The van der Waals surface area contributed by atoms with Crippen molar-refractivity contribution in [2.24, 2.45) is 5.92 Å². The molecule has 3 heterocycles. The summed E-state index contributed by atoms with van der Waals surface area (Å²) in [7, 11) is -1.56. The van der Waals surface area contributed by atoms with Crippen LogP contribution >= 0.6 is 0 Å². The third-order valence-electron chi connectivity index (χ3n) is 9.64. The molecule has 5 atom stereocenters. The molecule has 2 aliphatic heterocycles. The fraction of sp³-hybridized carbons (Fsp3) is 0.639. The Morgan fingerprint density at radius 1 is 1.13 bits per heavy atom. The molecular weight excluding hydrogens is 691 g/mol. The van der Waals surface area contributed by atoms with Gasteiger partial charge in [-0.2, -0.15) is 17.7 Å². The van der Waals surface area contributed by atoms with E-state index in [1.807, 2.05) is 55.7 Å². The number of allylic oxidation sites excluding steroid dienone is 1. The molecule has 1 aromatic carbocycles. The summed E-state index contributed by atoms with van der Waals surface area (Å²) < 4.78 is 42.3. The van der Waals surface area contributed by atoms with Crippen LogP contribution in [0.4, 0.5) is 4.79 Å². The summed E-state index contributed by atoms with van der Waals surface area (Å²) in [6.45, 7) is 11.2. The highest BCUT2D eigenvalue weighted by Crippen LogP contribution is 2.46. The lowest BCUT2D eigenvalue weighted by molar-refractivity contribution is -0.141. The number of benzene rings is 1. The fourth-order valence-corrected chi connectivity index (χ4v) is 7.43. The van der Waals surface area contributed by atoms with Crippen molar-refractivity contribution in [3.05, 3.63) is 35.9 Å². The number of carbonyl (C=O) groups excluding carboxylic acids is 4. The van der Waals surface area contributed by atoms with E-state index in [-0.39, 0.29) is 25.4 Å². The molecule has 2 fully saturated rings. The molecule has 1 saturated heterocycles. The number of nitrogens with zero attached hydrogens (tertiary/aromatic N) is 4. The predicted octanol–water partition coefficient (Wildman–Crippen LogP) is 3.49. The molecule has 1 aliphatic carbocycles. The minimum atomic E-state index is -4.16. The van der Waals surface area contributed by atoms with E-state index >= 15 is 0 Å². The quantitative estimate of drug-likeness (QED) is 0.358. The number of rotatable bonds is 7. The maximum Gasteiger partial charge on any atom is 0.408 e. The van der Waals surface area contributed by atoms with Gasteiger partial charge in [0, 0.05) is 32.5 Å². The second-order valence-electron chi connectivity index (χ2n) is 15.6. The zero-order chi connectivity index (χ0) is 38.2. The summed E-state index contributed by atoms with van der Waals surface area (Å²) >= 11 is 0. The van der Waals surface area contributed by atoms with E-state index in [1.165, 1.54) is 19.0 Å². The Hall–Kier alpha value is -4.18. The molecule has 0 spiro atoms. The average molecular weight is 744 g/mol. The standard InChI is InChI=1S/C36H53N7O8S/c1-22(2)43-28-18-23(3)16-17-26(28)37-33(43)50-25-19-29-30(44)39-36(32(46)40-52(48,49)41(7)8)20-24(36)14-12-10-9-11-13-15-27(31(45)42(29)21-25)38-34(47)51-35(4,5)6/h12,14,16-18,22,24-25,27,29H,9-11,13,15,19-21H2,1-8H3,(H,38,47)(H,39,44)(H,40,46)/b14-12-/t24-,25-,27+,29+,36-/m1/s1. The van der Waals surface area contributed by atoms with Gasteiger partial charge in [0.25, 0.3) is 11.9 Å². The average Bonchev–Trinajstić information content (AvgIpc) is 3.37. The molecule has 0 radical (unpaired) electrons. The number of fused-ring (bicyclic) bond motifs is 3. The van der Waals surface area contributed by atoms with Crippen LogP contribution in [-0.2, 0) is 29.3 Å². The second-order valence-corrected chi connectivity index (χ2v) is 17.5. The number of ether oxygens (including phenoxy) is 2. The fourth-order valence-electron chi connectivity index (χ4n) is 6.83. The van der Waals surface area contributed by atoms with Crippen LogP contribution in [0.3, 0.4) is 0 Å². The second kappa shape index (κ2) is 15.0. The van der Waals surface area contributed by atoms with Crippen LogP contribution < -0.4 is 20.1 Å². The monoisotopic (exact) mass is 743 g/mol. The van der Waals surface area contributed by atoms with Gasteiger partial charge in [-0.25, -0.2) is 9.52 Å². The van der Waals surface area contributed by atoms with Crippen molar-refractivity contribution in [1.82, 2.24) is 34.1 Å². The Balaban J connectivity index is 1.50. The number of alkyl carbamates (subject to hydrolysis) is 1. The van der Waals surface area contributed by atoms with Gasteiger partial charge < -0.3 is 25.0 Å². The number of imidazole rings is 1. The van der Waals surface area contributed by atoms with Gasteiger partial charge in [0.2, 0.25) is 11.8 Å². The number of nitrogens with one attached hydrogen (secondary N) is 3. The van der Waals surface area contributed by atoms with Gasteiger partial charge in [-0.1, -0.05) is 31.1 Å². The van der Waals surface area contributed by atoms with Crippen molar-refractivity contribution in [1.29, 1.82) is 0 Å². The Kier molecular flexibility index (Phi) is 11.3. The van der Waals surface area contributed by atoms with Crippen molar-refractivity contribution in [3.8, 4) is 6.01 Å². The van der Waals surface area contributed by atoms with Gasteiger partial charge in [0.15, 0.2) is 0 Å². The lowest BCUT2D eigenvalue weighted by Gasteiger charge is -2.30. The van der Waals surface area contributed by atoms with Gasteiger partial charge >= 0.3 is 16.3 Å². The molecule has 16 heteroatoms. The highest BCUT2D eigenvalue weighted by atomic mass is 32.2. The minimum Gasteiger partial charge on any atom is -0.459 e. The third-order valence-corrected chi connectivity index (χ3v) is 11.0. The Morgan fingerprint density at radius 2 is 1.87 bits per heavy atom. The van der Waals surface area contributed by atoms with E-state index < -0.39 is 69.3 Å². The van der Waals surface area contributed by atoms with Crippen LogP contribution in [-0.4, -0.2) is 101 Å².